The minimum Gasteiger partial charge on any atom is -0.370 e. The molecule has 2 unspecified atom stereocenters. The van der Waals surface area contributed by atoms with Gasteiger partial charge in [0.1, 0.15) is 5.82 Å². The molecule has 1 aliphatic heterocycles. The number of carbonyl (C=O) groups excluding carboxylic acids is 1. The molecule has 3 nitrogen and oxygen atoms in total. The molecule has 1 aromatic rings. The fraction of sp³-hybridized carbons (Fsp3) is 0.471. The van der Waals surface area contributed by atoms with Crippen molar-refractivity contribution in [2.75, 3.05) is 13.1 Å². The summed E-state index contributed by atoms with van der Waals surface area (Å²) in [6.45, 7) is 5.69. The van der Waals surface area contributed by atoms with Crippen LogP contribution in [-0.2, 0) is 9.53 Å². The average molecular weight is 328 g/mol. The Balaban J connectivity index is 0.00000242. The van der Waals surface area contributed by atoms with Crippen molar-refractivity contribution >= 4 is 24.3 Å². The molecule has 1 saturated heterocycles. The fourth-order valence-corrected chi connectivity index (χ4v) is 2.49. The van der Waals surface area contributed by atoms with Gasteiger partial charge in [0.2, 0.25) is 0 Å². The van der Waals surface area contributed by atoms with Gasteiger partial charge in [-0.3, -0.25) is 4.79 Å². The Labute approximate surface area is 137 Å². The van der Waals surface area contributed by atoms with Crippen molar-refractivity contribution in [3.8, 4) is 0 Å². The lowest BCUT2D eigenvalue weighted by Crippen LogP contribution is -2.51. The quantitative estimate of drug-likeness (QED) is 0.843. The van der Waals surface area contributed by atoms with Gasteiger partial charge in [0, 0.05) is 19.5 Å². The van der Waals surface area contributed by atoms with E-state index in [1.807, 2.05) is 13.8 Å². The number of morpholine rings is 1. The summed E-state index contributed by atoms with van der Waals surface area (Å²) in [4.78, 5) is 11.9. The minimum atomic E-state index is -0.281. The number of rotatable bonds is 5. The van der Waals surface area contributed by atoms with E-state index in [1.54, 1.807) is 24.3 Å². The van der Waals surface area contributed by atoms with E-state index in [0.29, 0.717) is 12.8 Å². The Morgan fingerprint density at radius 2 is 2.14 bits per heavy atom. The molecule has 1 aromatic carbocycles. The summed E-state index contributed by atoms with van der Waals surface area (Å²) in [7, 11) is 0. The third-order valence-corrected chi connectivity index (χ3v) is 3.65. The van der Waals surface area contributed by atoms with E-state index < -0.39 is 0 Å². The summed E-state index contributed by atoms with van der Waals surface area (Å²) in [5, 5.41) is 3.32. The van der Waals surface area contributed by atoms with E-state index >= 15 is 0 Å². The molecule has 0 aliphatic carbocycles. The van der Waals surface area contributed by atoms with Crippen molar-refractivity contribution in [2.24, 2.45) is 0 Å². The second-order valence-electron chi connectivity index (χ2n) is 5.86. The minimum absolute atomic E-state index is 0. The molecule has 2 atom stereocenters. The van der Waals surface area contributed by atoms with Crippen LogP contribution in [0.1, 0.15) is 32.3 Å². The predicted octanol–water partition coefficient (Wildman–Crippen LogP) is 3.38. The molecular formula is C17H23ClFNO2. The Hall–Kier alpha value is -1.23. The third kappa shape index (κ3) is 5.87. The predicted molar refractivity (Wildman–Crippen MR) is 88.7 cm³/mol. The first kappa shape index (κ1) is 18.8. The Morgan fingerprint density at radius 3 is 2.77 bits per heavy atom. The standard InChI is InChI=1S/C17H22FNO2.ClH/c1-13-11-19-12-17(2,21-13)10-9-16(20)8-5-14-3-6-15(18)7-4-14;/h3-8,13,19H,9-12H2,1-2H3;1H/b8-5+;. The third-order valence-electron chi connectivity index (χ3n) is 3.65. The van der Waals surface area contributed by atoms with Crippen LogP contribution in [-0.4, -0.2) is 30.6 Å². The van der Waals surface area contributed by atoms with E-state index in [-0.39, 0.29) is 35.7 Å². The average Bonchev–Trinajstić information content (AvgIpc) is 2.44. The molecule has 1 N–H and O–H groups in total. The first-order valence-corrected chi connectivity index (χ1v) is 7.32. The first-order chi connectivity index (χ1) is 9.97. The van der Waals surface area contributed by atoms with Crippen LogP contribution in [0.3, 0.4) is 0 Å². The number of hydrogen-bond acceptors (Lipinski definition) is 3. The van der Waals surface area contributed by atoms with Crippen LogP contribution >= 0.6 is 12.4 Å². The van der Waals surface area contributed by atoms with E-state index in [0.717, 1.165) is 18.7 Å². The molecule has 22 heavy (non-hydrogen) atoms. The molecule has 0 radical (unpaired) electrons. The van der Waals surface area contributed by atoms with Crippen LogP contribution in [0.5, 0.6) is 0 Å². The summed E-state index contributed by atoms with van der Waals surface area (Å²) < 4.78 is 18.7. The molecular weight excluding hydrogens is 305 g/mol. The molecule has 1 fully saturated rings. The largest absolute Gasteiger partial charge is 0.370 e. The summed E-state index contributed by atoms with van der Waals surface area (Å²) in [5.41, 5.74) is 0.539. The van der Waals surface area contributed by atoms with Crippen molar-refractivity contribution in [3.63, 3.8) is 0 Å². The van der Waals surface area contributed by atoms with Gasteiger partial charge in [-0.1, -0.05) is 18.2 Å². The molecule has 0 aromatic heterocycles. The number of carbonyl (C=O) groups is 1. The van der Waals surface area contributed by atoms with E-state index in [1.165, 1.54) is 12.1 Å². The number of hydrogen-bond donors (Lipinski definition) is 1. The number of halogens is 2. The van der Waals surface area contributed by atoms with Crippen molar-refractivity contribution < 1.29 is 13.9 Å². The maximum atomic E-state index is 12.8. The molecule has 0 bridgehead atoms. The van der Waals surface area contributed by atoms with Crippen LogP contribution < -0.4 is 5.32 Å². The van der Waals surface area contributed by atoms with Crippen molar-refractivity contribution in [1.29, 1.82) is 0 Å². The summed E-state index contributed by atoms with van der Waals surface area (Å²) in [5.74, 6) is -0.218. The van der Waals surface area contributed by atoms with Crippen LogP contribution in [0.15, 0.2) is 30.3 Å². The lowest BCUT2D eigenvalue weighted by Gasteiger charge is -2.38. The fourth-order valence-electron chi connectivity index (χ4n) is 2.49. The summed E-state index contributed by atoms with van der Waals surface area (Å²) in [6.07, 6.45) is 4.58. The molecule has 0 spiro atoms. The summed E-state index contributed by atoms with van der Waals surface area (Å²) >= 11 is 0. The number of allylic oxidation sites excluding steroid dienone is 1. The van der Waals surface area contributed by atoms with Crippen LogP contribution in [0.25, 0.3) is 6.08 Å². The van der Waals surface area contributed by atoms with E-state index in [9.17, 15) is 9.18 Å². The van der Waals surface area contributed by atoms with Gasteiger partial charge in [-0.25, -0.2) is 4.39 Å². The van der Waals surface area contributed by atoms with Gasteiger partial charge in [-0.05, 0) is 44.0 Å². The van der Waals surface area contributed by atoms with Crippen molar-refractivity contribution in [3.05, 3.63) is 41.7 Å². The van der Waals surface area contributed by atoms with Crippen LogP contribution in [0, 0.1) is 5.82 Å². The highest BCUT2D eigenvalue weighted by molar-refractivity contribution is 5.93. The topological polar surface area (TPSA) is 38.3 Å². The Morgan fingerprint density at radius 1 is 1.45 bits per heavy atom. The molecule has 122 valence electrons. The highest BCUT2D eigenvalue weighted by atomic mass is 35.5. The zero-order valence-corrected chi connectivity index (χ0v) is 13.8. The van der Waals surface area contributed by atoms with E-state index in [2.05, 4.69) is 5.32 Å². The molecule has 1 aliphatic rings. The maximum absolute atomic E-state index is 12.8. The van der Waals surface area contributed by atoms with Gasteiger partial charge in [0.05, 0.1) is 11.7 Å². The van der Waals surface area contributed by atoms with Gasteiger partial charge < -0.3 is 10.1 Å². The van der Waals surface area contributed by atoms with Gasteiger partial charge >= 0.3 is 0 Å². The number of ketones is 1. The van der Waals surface area contributed by atoms with Gasteiger partial charge in [-0.2, -0.15) is 0 Å². The van der Waals surface area contributed by atoms with Crippen molar-refractivity contribution in [2.45, 2.75) is 38.4 Å². The zero-order chi connectivity index (χ0) is 15.3. The van der Waals surface area contributed by atoms with Gasteiger partial charge in [0.25, 0.3) is 0 Å². The SMILES string of the molecule is CC1CNCC(C)(CCC(=O)/C=C/c2ccc(F)cc2)O1.Cl. The highest BCUT2D eigenvalue weighted by Gasteiger charge is 2.30. The lowest BCUT2D eigenvalue weighted by molar-refractivity contribution is -0.121. The van der Waals surface area contributed by atoms with E-state index in [4.69, 9.17) is 4.74 Å². The molecule has 0 saturated carbocycles. The van der Waals surface area contributed by atoms with Gasteiger partial charge in [-0.15, -0.1) is 12.4 Å². The highest BCUT2D eigenvalue weighted by Crippen LogP contribution is 2.22. The van der Waals surface area contributed by atoms with Crippen molar-refractivity contribution in [1.82, 2.24) is 5.32 Å². The molecule has 2 rings (SSSR count). The maximum Gasteiger partial charge on any atom is 0.155 e. The molecule has 1 heterocycles. The lowest BCUT2D eigenvalue weighted by atomic mass is 9.96. The number of benzene rings is 1. The number of ether oxygens (including phenoxy) is 1. The van der Waals surface area contributed by atoms with Crippen LogP contribution in [0.4, 0.5) is 4.39 Å². The molecule has 5 heteroatoms. The monoisotopic (exact) mass is 327 g/mol. The number of nitrogens with one attached hydrogen (secondary N) is 1. The Kier molecular flexibility index (Phi) is 7.20. The second kappa shape index (κ2) is 8.42. The Bertz CT molecular complexity index is 518. The van der Waals surface area contributed by atoms with Gasteiger partial charge in [0.15, 0.2) is 5.78 Å². The smallest absolute Gasteiger partial charge is 0.155 e. The normalized spacial score (nSPS) is 25.0. The van der Waals surface area contributed by atoms with Crippen LogP contribution in [0.2, 0.25) is 0 Å². The first-order valence-electron chi connectivity index (χ1n) is 7.32. The zero-order valence-electron chi connectivity index (χ0n) is 13.0. The second-order valence-corrected chi connectivity index (χ2v) is 5.86. The summed E-state index contributed by atoms with van der Waals surface area (Å²) in [6, 6.07) is 6.06. The molecule has 0 amide bonds.